The standard InChI is InChI=1S/C20H30BrN5O2/c1-2-9-22-19(27)13-26-10-7-16(8-11-26)23-20(28)18-12-17(24-25-18)14-3-5-15(21)6-4-14/h3-6,16-18,24-25H,2,7-13H2,1H3,(H,22,27)(H,23,28). The quantitative estimate of drug-likeness (QED) is 0.504. The first-order valence-electron chi connectivity index (χ1n) is 10.1. The number of carbonyl (C=O) groups is 2. The number of halogens is 1. The van der Waals surface area contributed by atoms with E-state index >= 15 is 0 Å². The second-order valence-corrected chi connectivity index (χ2v) is 8.51. The zero-order valence-corrected chi connectivity index (χ0v) is 17.9. The number of rotatable bonds is 7. The lowest BCUT2D eigenvalue weighted by Crippen LogP contribution is -2.51. The van der Waals surface area contributed by atoms with Gasteiger partial charge >= 0.3 is 0 Å². The zero-order valence-electron chi connectivity index (χ0n) is 16.3. The van der Waals surface area contributed by atoms with E-state index in [0.29, 0.717) is 6.54 Å². The first kappa shape index (κ1) is 21.2. The molecule has 7 nitrogen and oxygen atoms in total. The third-order valence-electron chi connectivity index (χ3n) is 5.37. The van der Waals surface area contributed by atoms with Crippen LogP contribution in [0.4, 0.5) is 0 Å². The van der Waals surface area contributed by atoms with Crippen molar-refractivity contribution in [3.63, 3.8) is 0 Å². The van der Waals surface area contributed by atoms with Crippen LogP contribution in [0.5, 0.6) is 0 Å². The fourth-order valence-corrected chi connectivity index (χ4v) is 3.97. The maximum atomic E-state index is 12.6. The highest BCUT2D eigenvalue weighted by molar-refractivity contribution is 9.10. The van der Waals surface area contributed by atoms with Gasteiger partial charge in [-0.2, -0.15) is 0 Å². The number of nitrogens with zero attached hydrogens (tertiary/aromatic N) is 1. The van der Waals surface area contributed by atoms with Crippen LogP contribution in [0, 0.1) is 0 Å². The molecule has 28 heavy (non-hydrogen) atoms. The first-order valence-corrected chi connectivity index (χ1v) is 10.9. The van der Waals surface area contributed by atoms with Gasteiger partial charge in [-0.3, -0.25) is 14.5 Å². The maximum absolute atomic E-state index is 12.6. The molecule has 2 unspecified atom stereocenters. The fraction of sp³-hybridized carbons (Fsp3) is 0.600. The summed E-state index contributed by atoms with van der Waals surface area (Å²) in [5.41, 5.74) is 7.52. The zero-order chi connectivity index (χ0) is 19.9. The molecule has 2 saturated heterocycles. The number of hydrogen-bond donors (Lipinski definition) is 4. The summed E-state index contributed by atoms with van der Waals surface area (Å²) in [5, 5.41) is 6.09. The molecule has 1 aromatic carbocycles. The van der Waals surface area contributed by atoms with Gasteiger partial charge in [0.2, 0.25) is 11.8 Å². The monoisotopic (exact) mass is 451 g/mol. The molecule has 0 aromatic heterocycles. The SMILES string of the molecule is CCCNC(=O)CN1CCC(NC(=O)C2CC(c3ccc(Br)cc3)NN2)CC1. The minimum Gasteiger partial charge on any atom is -0.355 e. The molecular weight excluding hydrogens is 422 g/mol. The van der Waals surface area contributed by atoms with Gasteiger partial charge in [-0.1, -0.05) is 35.0 Å². The Morgan fingerprint density at radius 1 is 1.18 bits per heavy atom. The van der Waals surface area contributed by atoms with Crippen LogP contribution in [0.2, 0.25) is 0 Å². The number of benzene rings is 1. The second-order valence-electron chi connectivity index (χ2n) is 7.59. The Kier molecular flexibility index (Phi) is 7.84. The third kappa shape index (κ3) is 6.01. The average Bonchev–Trinajstić information content (AvgIpc) is 3.19. The van der Waals surface area contributed by atoms with Crippen LogP contribution in [-0.4, -0.2) is 55.0 Å². The van der Waals surface area contributed by atoms with Gasteiger partial charge < -0.3 is 10.6 Å². The summed E-state index contributed by atoms with van der Waals surface area (Å²) < 4.78 is 1.05. The van der Waals surface area contributed by atoms with Crippen molar-refractivity contribution in [3.05, 3.63) is 34.3 Å². The van der Waals surface area contributed by atoms with Crippen LogP contribution in [0.1, 0.15) is 44.2 Å². The van der Waals surface area contributed by atoms with Gasteiger partial charge in [0, 0.05) is 36.2 Å². The van der Waals surface area contributed by atoms with E-state index in [1.54, 1.807) is 0 Å². The first-order chi connectivity index (χ1) is 13.5. The lowest BCUT2D eigenvalue weighted by Gasteiger charge is -2.32. The Balaban J connectivity index is 1.39. The fourth-order valence-electron chi connectivity index (χ4n) is 3.70. The number of amides is 2. The summed E-state index contributed by atoms with van der Waals surface area (Å²) in [4.78, 5) is 26.6. The average molecular weight is 452 g/mol. The van der Waals surface area contributed by atoms with Gasteiger partial charge in [0.25, 0.3) is 0 Å². The van der Waals surface area contributed by atoms with Crippen molar-refractivity contribution in [2.45, 2.75) is 50.7 Å². The highest BCUT2D eigenvalue weighted by Gasteiger charge is 2.32. The molecule has 3 rings (SSSR count). The smallest absolute Gasteiger partial charge is 0.238 e. The van der Waals surface area contributed by atoms with E-state index < -0.39 is 0 Å². The number of hydrazine groups is 1. The summed E-state index contributed by atoms with van der Waals surface area (Å²) in [6.45, 7) is 4.90. The van der Waals surface area contributed by atoms with E-state index in [0.717, 1.165) is 49.8 Å². The predicted molar refractivity (Wildman–Crippen MR) is 112 cm³/mol. The lowest BCUT2D eigenvalue weighted by atomic mass is 10.0. The van der Waals surface area contributed by atoms with Crippen molar-refractivity contribution < 1.29 is 9.59 Å². The van der Waals surface area contributed by atoms with E-state index in [-0.39, 0.29) is 29.9 Å². The molecule has 2 fully saturated rings. The van der Waals surface area contributed by atoms with Gasteiger partial charge in [-0.25, -0.2) is 10.9 Å². The summed E-state index contributed by atoms with van der Waals surface area (Å²) in [5.74, 6) is 0.135. The number of likely N-dealkylation sites (tertiary alicyclic amines) is 1. The van der Waals surface area contributed by atoms with Crippen LogP contribution in [0.3, 0.4) is 0 Å². The normalized spacial score (nSPS) is 23.5. The highest BCUT2D eigenvalue weighted by atomic mass is 79.9. The van der Waals surface area contributed by atoms with Gasteiger partial charge in [-0.05, 0) is 43.4 Å². The van der Waals surface area contributed by atoms with Crippen molar-refractivity contribution in [2.24, 2.45) is 0 Å². The van der Waals surface area contributed by atoms with Gasteiger partial charge in [-0.15, -0.1) is 0 Å². The Bertz CT molecular complexity index is 661. The van der Waals surface area contributed by atoms with Crippen molar-refractivity contribution in [2.75, 3.05) is 26.2 Å². The van der Waals surface area contributed by atoms with Gasteiger partial charge in [0.05, 0.1) is 6.54 Å². The van der Waals surface area contributed by atoms with E-state index in [1.807, 2.05) is 19.1 Å². The molecular formula is C20H30BrN5O2. The molecule has 2 aliphatic rings. The largest absolute Gasteiger partial charge is 0.355 e. The van der Waals surface area contributed by atoms with Crippen molar-refractivity contribution >= 4 is 27.7 Å². The molecule has 0 saturated carbocycles. The van der Waals surface area contributed by atoms with Crippen LogP contribution in [-0.2, 0) is 9.59 Å². The van der Waals surface area contributed by atoms with Crippen molar-refractivity contribution in [1.29, 1.82) is 0 Å². The highest BCUT2D eigenvalue weighted by Crippen LogP contribution is 2.24. The van der Waals surface area contributed by atoms with Crippen molar-refractivity contribution in [1.82, 2.24) is 26.4 Å². The van der Waals surface area contributed by atoms with E-state index in [2.05, 4.69) is 54.4 Å². The third-order valence-corrected chi connectivity index (χ3v) is 5.89. The Morgan fingerprint density at radius 2 is 1.89 bits per heavy atom. The van der Waals surface area contributed by atoms with E-state index in [1.165, 1.54) is 5.56 Å². The summed E-state index contributed by atoms with van der Waals surface area (Å²) in [7, 11) is 0. The molecule has 2 atom stereocenters. The Labute approximate surface area is 175 Å². The molecule has 0 radical (unpaired) electrons. The molecule has 2 aliphatic heterocycles. The number of hydrogen-bond acceptors (Lipinski definition) is 5. The molecule has 2 amide bonds. The Morgan fingerprint density at radius 3 is 2.57 bits per heavy atom. The number of piperidine rings is 1. The Hall–Kier alpha value is -1.48. The van der Waals surface area contributed by atoms with Gasteiger partial charge in [0.15, 0.2) is 0 Å². The van der Waals surface area contributed by atoms with E-state index in [4.69, 9.17) is 0 Å². The molecule has 0 bridgehead atoms. The number of nitrogens with one attached hydrogen (secondary N) is 4. The minimum absolute atomic E-state index is 0.0475. The van der Waals surface area contributed by atoms with Gasteiger partial charge in [0.1, 0.15) is 6.04 Å². The summed E-state index contributed by atoms with van der Waals surface area (Å²) >= 11 is 3.45. The molecule has 154 valence electrons. The van der Waals surface area contributed by atoms with Crippen LogP contribution >= 0.6 is 15.9 Å². The molecule has 4 N–H and O–H groups in total. The van der Waals surface area contributed by atoms with Crippen LogP contribution in [0.15, 0.2) is 28.7 Å². The number of carbonyl (C=O) groups excluding carboxylic acids is 2. The van der Waals surface area contributed by atoms with Crippen LogP contribution in [0.25, 0.3) is 0 Å². The van der Waals surface area contributed by atoms with E-state index in [9.17, 15) is 9.59 Å². The molecule has 0 spiro atoms. The second kappa shape index (κ2) is 10.3. The molecule has 2 heterocycles. The minimum atomic E-state index is -0.230. The van der Waals surface area contributed by atoms with Crippen molar-refractivity contribution in [3.8, 4) is 0 Å². The topological polar surface area (TPSA) is 85.5 Å². The molecule has 0 aliphatic carbocycles. The molecule has 8 heteroatoms. The summed E-state index contributed by atoms with van der Waals surface area (Å²) in [6.07, 6.45) is 3.43. The van der Waals surface area contributed by atoms with Crippen LogP contribution < -0.4 is 21.5 Å². The molecule has 1 aromatic rings. The lowest BCUT2D eigenvalue weighted by molar-refractivity contribution is -0.125. The predicted octanol–water partition coefficient (Wildman–Crippen LogP) is 1.46. The summed E-state index contributed by atoms with van der Waals surface area (Å²) in [6, 6.07) is 8.24. The maximum Gasteiger partial charge on any atom is 0.238 e.